The number of hydrogen-bond donors (Lipinski definition) is 2. The lowest BCUT2D eigenvalue weighted by molar-refractivity contribution is 0.146. The standard InChI is InChI=1S/2C20H22N2O3S/c2*1-13-10-17(11-14(2)19(13)18-12-26-20(21)22-18)25-16-6-4-15(5-7-16)24-9-8-23-3/h2*4-7,10-12H,8-9H2,1-3H3,(H2,21,22). The van der Waals surface area contributed by atoms with E-state index < -0.39 is 0 Å². The zero-order valence-corrected chi connectivity index (χ0v) is 31.9. The Bertz CT molecular complexity index is 1850. The number of hydrogen-bond acceptors (Lipinski definition) is 12. The van der Waals surface area contributed by atoms with Crippen LogP contribution in [0, 0.1) is 27.7 Å². The number of methoxy groups -OCH3 is 2. The van der Waals surface area contributed by atoms with Crippen LogP contribution in [-0.4, -0.2) is 50.6 Å². The first-order chi connectivity index (χ1) is 25.1. The minimum atomic E-state index is 0.525. The van der Waals surface area contributed by atoms with Gasteiger partial charge < -0.3 is 39.9 Å². The van der Waals surface area contributed by atoms with Crippen LogP contribution in [0.25, 0.3) is 22.5 Å². The van der Waals surface area contributed by atoms with Gasteiger partial charge >= 0.3 is 0 Å². The Balaban J connectivity index is 0.000000201. The summed E-state index contributed by atoms with van der Waals surface area (Å²) in [5, 5.41) is 5.11. The van der Waals surface area contributed by atoms with Crippen molar-refractivity contribution in [2.45, 2.75) is 27.7 Å². The quantitative estimate of drug-likeness (QED) is 0.104. The molecule has 0 bridgehead atoms. The predicted molar refractivity (Wildman–Crippen MR) is 211 cm³/mol. The Hall–Kier alpha value is -5.14. The van der Waals surface area contributed by atoms with Gasteiger partial charge in [0.05, 0.1) is 24.6 Å². The van der Waals surface area contributed by atoms with Crippen LogP contribution >= 0.6 is 22.7 Å². The van der Waals surface area contributed by atoms with E-state index in [1.807, 2.05) is 83.6 Å². The van der Waals surface area contributed by atoms with E-state index in [9.17, 15) is 0 Å². The van der Waals surface area contributed by atoms with Crippen LogP contribution in [0.2, 0.25) is 0 Å². The first kappa shape index (κ1) is 38.1. The van der Waals surface area contributed by atoms with Gasteiger partial charge in [-0.2, -0.15) is 0 Å². The van der Waals surface area contributed by atoms with Gasteiger partial charge in [0.25, 0.3) is 0 Å². The average molecular weight is 741 g/mol. The third kappa shape index (κ3) is 10.5. The van der Waals surface area contributed by atoms with E-state index in [2.05, 4.69) is 37.7 Å². The van der Waals surface area contributed by atoms with Crippen molar-refractivity contribution in [3.63, 3.8) is 0 Å². The Morgan fingerprint density at radius 3 is 1.10 bits per heavy atom. The van der Waals surface area contributed by atoms with Gasteiger partial charge in [-0.25, -0.2) is 9.97 Å². The maximum absolute atomic E-state index is 5.99. The van der Waals surface area contributed by atoms with E-state index in [4.69, 9.17) is 39.9 Å². The molecule has 0 radical (unpaired) electrons. The second kappa shape index (κ2) is 18.4. The highest BCUT2D eigenvalue weighted by Crippen LogP contribution is 2.36. The molecule has 0 aliphatic heterocycles. The molecule has 12 heteroatoms. The Morgan fingerprint density at radius 2 is 0.808 bits per heavy atom. The summed E-state index contributed by atoms with van der Waals surface area (Å²) in [5.41, 5.74) is 20.0. The van der Waals surface area contributed by atoms with Gasteiger partial charge in [-0.3, -0.25) is 0 Å². The molecular formula is C40H44N4O6S2. The second-order valence-corrected chi connectivity index (χ2v) is 13.6. The van der Waals surface area contributed by atoms with E-state index in [0.29, 0.717) is 36.7 Å². The minimum Gasteiger partial charge on any atom is -0.491 e. The lowest BCUT2D eigenvalue weighted by atomic mass is 10.0. The van der Waals surface area contributed by atoms with Crippen molar-refractivity contribution >= 4 is 32.9 Å². The molecule has 6 rings (SSSR count). The smallest absolute Gasteiger partial charge is 0.180 e. The molecule has 0 fully saturated rings. The molecule has 2 aromatic heterocycles. The van der Waals surface area contributed by atoms with Crippen molar-refractivity contribution in [3.05, 3.63) is 106 Å². The van der Waals surface area contributed by atoms with Gasteiger partial charge in [0.2, 0.25) is 0 Å². The zero-order chi connectivity index (χ0) is 37.0. The van der Waals surface area contributed by atoms with Crippen LogP contribution in [0.15, 0.2) is 83.6 Å². The van der Waals surface area contributed by atoms with E-state index in [1.165, 1.54) is 22.7 Å². The Morgan fingerprint density at radius 1 is 0.481 bits per heavy atom. The lowest BCUT2D eigenvalue weighted by Crippen LogP contribution is -2.03. The third-order valence-electron chi connectivity index (χ3n) is 7.80. The highest BCUT2D eigenvalue weighted by Gasteiger charge is 2.13. The number of aromatic nitrogens is 2. The summed E-state index contributed by atoms with van der Waals surface area (Å²) in [4.78, 5) is 8.78. The summed E-state index contributed by atoms with van der Waals surface area (Å²) < 4.78 is 33.0. The maximum atomic E-state index is 5.99. The fourth-order valence-corrected chi connectivity index (χ4v) is 6.65. The van der Waals surface area contributed by atoms with Crippen molar-refractivity contribution in [2.24, 2.45) is 0 Å². The first-order valence-electron chi connectivity index (χ1n) is 16.6. The Labute approximate surface area is 312 Å². The summed E-state index contributed by atoms with van der Waals surface area (Å²) in [6.07, 6.45) is 0. The summed E-state index contributed by atoms with van der Waals surface area (Å²) >= 11 is 2.89. The number of benzene rings is 4. The SMILES string of the molecule is COCCOc1ccc(Oc2cc(C)c(-c3csc(N)n3)c(C)c2)cc1.COCCOc1ccc(Oc2cc(C)c(-c3csc(N)n3)c(C)c2)cc1. The van der Waals surface area contributed by atoms with Gasteiger partial charge in [0.1, 0.15) is 47.7 Å². The van der Waals surface area contributed by atoms with Crippen LogP contribution in [-0.2, 0) is 9.47 Å². The van der Waals surface area contributed by atoms with Gasteiger partial charge in [-0.05, 0) is 123 Å². The van der Waals surface area contributed by atoms with Crippen LogP contribution in [0.3, 0.4) is 0 Å². The summed E-state index contributed by atoms with van der Waals surface area (Å²) in [6, 6.07) is 23.2. The van der Waals surface area contributed by atoms with Crippen molar-refractivity contribution in [2.75, 3.05) is 52.1 Å². The number of nitrogen functional groups attached to an aromatic ring is 2. The predicted octanol–water partition coefficient (Wildman–Crippen LogP) is 9.65. The molecule has 0 saturated carbocycles. The zero-order valence-electron chi connectivity index (χ0n) is 30.2. The topological polar surface area (TPSA) is 133 Å². The molecule has 2 heterocycles. The molecule has 0 saturated heterocycles. The number of nitrogens with zero attached hydrogens (tertiary/aromatic N) is 2. The number of thiazole rings is 2. The fourth-order valence-electron chi connectivity index (χ4n) is 5.54. The van der Waals surface area contributed by atoms with Crippen LogP contribution < -0.4 is 30.4 Å². The molecule has 10 nitrogen and oxygen atoms in total. The molecule has 0 spiro atoms. The molecule has 52 heavy (non-hydrogen) atoms. The Kier molecular flexibility index (Phi) is 13.5. The maximum Gasteiger partial charge on any atom is 0.180 e. The first-order valence-corrected chi connectivity index (χ1v) is 18.3. The van der Waals surface area contributed by atoms with Crippen molar-refractivity contribution in [3.8, 4) is 57.0 Å². The summed E-state index contributed by atoms with van der Waals surface area (Å²) in [6.45, 7) is 10.4. The van der Waals surface area contributed by atoms with Gasteiger partial charge in [0.15, 0.2) is 10.3 Å². The summed E-state index contributed by atoms with van der Waals surface area (Å²) in [7, 11) is 3.30. The van der Waals surface area contributed by atoms with Crippen LogP contribution in [0.1, 0.15) is 22.3 Å². The summed E-state index contributed by atoms with van der Waals surface area (Å²) in [5.74, 6) is 4.68. The van der Waals surface area contributed by atoms with Crippen LogP contribution in [0.5, 0.6) is 34.5 Å². The van der Waals surface area contributed by atoms with Gasteiger partial charge in [0, 0.05) is 36.1 Å². The van der Waals surface area contributed by atoms with Crippen LogP contribution in [0.4, 0.5) is 10.3 Å². The normalized spacial score (nSPS) is 10.7. The monoisotopic (exact) mass is 740 g/mol. The van der Waals surface area contributed by atoms with Gasteiger partial charge in [-0.15, -0.1) is 22.7 Å². The number of anilines is 2. The number of rotatable bonds is 14. The van der Waals surface area contributed by atoms with E-state index in [0.717, 1.165) is 79.3 Å². The van der Waals surface area contributed by atoms with Crippen molar-refractivity contribution < 1.29 is 28.4 Å². The van der Waals surface area contributed by atoms with E-state index >= 15 is 0 Å². The van der Waals surface area contributed by atoms with Gasteiger partial charge in [-0.1, -0.05) is 0 Å². The van der Waals surface area contributed by atoms with E-state index in [-0.39, 0.29) is 0 Å². The molecule has 0 amide bonds. The lowest BCUT2D eigenvalue weighted by Gasteiger charge is -2.12. The molecule has 0 atom stereocenters. The second-order valence-electron chi connectivity index (χ2n) is 11.8. The molecule has 0 aliphatic carbocycles. The molecule has 272 valence electrons. The molecule has 4 N–H and O–H groups in total. The molecular weight excluding hydrogens is 697 g/mol. The van der Waals surface area contributed by atoms with Crippen molar-refractivity contribution in [1.29, 1.82) is 0 Å². The fraction of sp³-hybridized carbons (Fsp3) is 0.250. The van der Waals surface area contributed by atoms with Crippen molar-refractivity contribution in [1.82, 2.24) is 9.97 Å². The number of aryl methyl sites for hydroxylation is 4. The minimum absolute atomic E-state index is 0.525. The molecule has 0 unspecified atom stereocenters. The molecule has 6 aromatic rings. The molecule has 0 aliphatic rings. The molecule has 4 aromatic carbocycles. The number of nitrogens with two attached hydrogens (primary N) is 2. The highest BCUT2D eigenvalue weighted by molar-refractivity contribution is 7.14. The highest BCUT2D eigenvalue weighted by atomic mass is 32.1. The largest absolute Gasteiger partial charge is 0.491 e. The van der Waals surface area contributed by atoms with E-state index in [1.54, 1.807) is 14.2 Å². The third-order valence-corrected chi connectivity index (χ3v) is 9.15. The average Bonchev–Trinajstić information content (AvgIpc) is 3.74. The number of ether oxygens (including phenoxy) is 6.